The van der Waals surface area contributed by atoms with E-state index in [0.717, 1.165) is 18.8 Å². The number of aryl methyl sites for hydroxylation is 2. The summed E-state index contributed by atoms with van der Waals surface area (Å²) < 4.78 is 2.05. The molecule has 1 aromatic rings. The molecule has 102 valence electrons. The van der Waals surface area contributed by atoms with Crippen LogP contribution in [0.25, 0.3) is 0 Å². The highest BCUT2D eigenvalue weighted by molar-refractivity contribution is 5.50. The van der Waals surface area contributed by atoms with Crippen molar-refractivity contribution in [2.75, 3.05) is 24.5 Å². The summed E-state index contributed by atoms with van der Waals surface area (Å²) >= 11 is 0. The Bertz CT molecular complexity index is 389. The van der Waals surface area contributed by atoms with Crippen molar-refractivity contribution in [3.05, 3.63) is 11.3 Å². The first-order valence-corrected chi connectivity index (χ1v) is 7.07. The van der Waals surface area contributed by atoms with Gasteiger partial charge in [-0.2, -0.15) is 5.10 Å². The number of hydrogen-bond donors (Lipinski definition) is 1. The lowest BCUT2D eigenvalue weighted by atomic mass is 10.2. The maximum absolute atomic E-state index is 4.59. The molecular formula is C14H26N4. The number of hydrogen-bond acceptors (Lipinski definition) is 3. The van der Waals surface area contributed by atoms with Crippen molar-refractivity contribution in [2.45, 2.75) is 40.2 Å². The van der Waals surface area contributed by atoms with E-state index in [1.54, 1.807) is 0 Å². The second kappa shape index (κ2) is 5.74. The van der Waals surface area contributed by atoms with E-state index in [1.807, 2.05) is 4.68 Å². The topological polar surface area (TPSA) is 33.1 Å². The fourth-order valence-electron chi connectivity index (χ4n) is 2.71. The van der Waals surface area contributed by atoms with Gasteiger partial charge in [0.2, 0.25) is 0 Å². The fraction of sp³-hybridized carbons (Fsp3) is 0.786. The quantitative estimate of drug-likeness (QED) is 0.868. The number of anilines is 1. The number of aromatic nitrogens is 2. The molecule has 1 N–H and O–H groups in total. The zero-order chi connectivity index (χ0) is 13.1. The van der Waals surface area contributed by atoms with E-state index < -0.39 is 0 Å². The SMILES string of the molecule is Cc1nn(C)c(N2CCCC2)c1CNCC(C)C. The Balaban J connectivity index is 2.12. The van der Waals surface area contributed by atoms with Crippen molar-refractivity contribution in [3.8, 4) is 0 Å². The van der Waals surface area contributed by atoms with Gasteiger partial charge in [-0.25, -0.2) is 0 Å². The van der Waals surface area contributed by atoms with Gasteiger partial charge in [-0.15, -0.1) is 0 Å². The second-order valence-corrected chi connectivity index (χ2v) is 5.73. The molecule has 1 saturated heterocycles. The third-order valence-electron chi connectivity index (χ3n) is 3.57. The standard InChI is InChI=1S/C14H26N4/c1-11(2)9-15-10-13-12(3)16-17(4)14(13)18-7-5-6-8-18/h11,15H,5-10H2,1-4H3. The fourth-order valence-corrected chi connectivity index (χ4v) is 2.71. The molecule has 1 fully saturated rings. The van der Waals surface area contributed by atoms with Crippen molar-refractivity contribution >= 4 is 5.82 Å². The smallest absolute Gasteiger partial charge is 0.131 e. The molecule has 0 atom stereocenters. The maximum atomic E-state index is 4.59. The molecule has 1 aliphatic heterocycles. The lowest BCUT2D eigenvalue weighted by Gasteiger charge is -2.20. The van der Waals surface area contributed by atoms with Crippen LogP contribution in [0.15, 0.2) is 0 Å². The van der Waals surface area contributed by atoms with E-state index in [-0.39, 0.29) is 0 Å². The second-order valence-electron chi connectivity index (χ2n) is 5.73. The molecule has 18 heavy (non-hydrogen) atoms. The van der Waals surface area contributed by atoms with Crippen LogP contribution in [0.5, 0.6) is 0 Å². The van der Waals surface area contributed by atoms with Crippen molar-refractivity contribution in [1.29, 1.82) is 0 Å². The Labute approximate surface area is 110 Å². The summed E-state index contributed by atoms with van der Waals surface area (Å²) in [5, 5.41) is 8.13. The van der Waals surface area contributed by atoms with Crippen LogP contribution in [0, 0.1) is 12.8 Å². The molecule has 4 nitrogen and oxygen atoms in total. The molecule has 2 heterocycles. The molecule has 1 aliphatic rings. The van der Waals surface area contributed by atoms with Gasteiger partial charge in [0.05, 0.1) is 5.69 Å². The highest BCUT2D eigenvalue weighted by atomic mass is 15.4. The van der Waals surface area contributed by atoms with Gasteiger partial charge < -0.3 is 10.2 Å². The molecule has 0 unspecified atom stereocenters. The van der Waals surface area contributed by atoms with E-state index in [2.05, 4.69) is 43.1 Å². The van der Waals surface area contributed by atoms with E-state index in [1.165, 1.54) is 37.3 Å². The predicted molar refractivity (Wildman–Crippen MR) is 75.9 cm³/mol. The van der Waals surface area contributed by atoms with E-state index in [9.17, 15) is 0 Å². The Morgan fingerprint density at radius 2 is 1.94 bits per heavy atom. The van der Waals surface area contributed by atoms with Gasteiger partial charge in [0.25, 0.3) is 0 Å². The summed E-state index contributed by atoms with van der Waals surface area (Å²) in [6.07, 6.45) is 2.62. The van der Waals surface area contributed by atoms with Crippen LogP contribution in [0.3, 0.4) is 0 Å². The van der Waals surface area contributed by atoms with E-state index in [4.69, 9.17) is 0 Å². The van der Waals surface area contributed by atoms with Gasteiger partial charge in [-0.1, -0.05) is 13.8 Å². The summed E-state index contributed by atoms with van der Waals surface area (Å²) in [5.74, 6) is 2.01. The third-order valence-corrected chi connectivity index (χ3v) is 3.57. The summed E-state index contributed by atoms with van der Waals surface area (Å²) in [6, 6.07) is 0. The number of nitrogens with zero attached hydrogens (tertiary/aromatic N) is 3. The minimum Gasteiger partial charge on any atom is -0.357 e. The Kier molecular flexibility index (Phi) is 4.27. The molecular weight excluding hydrogens is 224 g/mol. The molecule has 4 heteroatoms. The number of rotatable bonds is 5. The van der Waals surface area contributed by atoms with Crippen LogP contribution in [0.4, 0.5) is 5.82 Å². The first kappa shape index (κ1) is 13.4. The first-order chi connectivity index (χ1) is 8.59. The van der Waals surface area contributed by atoms with Crippen LogP contribution < -0.4 is 10.2 Å². The highest BCUT2D eigenvalue weighted by Gasteiger charge is 2.21. The monoisotopic (exact) mass is 250 g/mol. The Morgan fingerprint density at radius 3 is 2.56 bits per heavy atom. The van der Waals surface area contributed by atoms with Gasteiger partial charge in [0.1, 0.15) is 5.82 Å². The van der Waals surface area contributed by atoms with Gasteiger partial charge in [0.15, 0.2) is 0 Å². The lowest BCUT2D eigenvalue weighted by Crippen LogP contribution is -2.25. The van der Waals surface area contributed by atoms with Crippen LogP contribution in [-0.4, -0.2) is 29.4 Å². The van der Waals surface area contributed by atoms with Crippen molar-refractivity contribution < 1.29 is 0 Å². The Hall–Kier alpha value is -1.03. The van der Waals surface area contributed by atoms with Crippen molar-refractivity contribution in [3.63, 3.8) is 0 Å². The molecule has 0 radical (unpaired) electrons. The van der Waals surface area contributed by atoms with Crippen LogP contribution in [0.1, 0.15) is 37.9 Å². The largest absolute Gasteiger partial charge is 0.357 e. The highest BCUT2D eigenvalue weighted by Crippen LogP contribution is 2.26. The minimum atomic E-state index is 0.692. The van der Waals surface area contributed by atoms with E-state index in [0.29, 0.717) is 5.92 Å². The molecule has 1 aromatic heterocycles. The first-order valence-electron chi connectivity index (χ1n) is 7.07. The average Bonchev–Trinajstić information content (AvgIpc) is 2.87. The van der Waals surface area contributed by atoms with Crippen LogP contribution in [0.2, 0.25) is 0 Å². The molecule has 0 bridgehead atoms. The summed E-state index contributed by atoms with van der Waals surface area (Å²) in [7, 11) is 2.06. The number of nitrogens with one attached hydrogen (secondary N) is 1. The van der Waals surface area contributed by atoms with Crippen LogP contribution in [-0.2, 0) is 13.6 Å². The van der Waals surface area contributed by atoms with Gasteiger partial charge in [-0.05, 0) is 32.2 Å². The zero-order valence-electron chi connectivity index (χ0n) is 12.2. The zero-order valence-corrected chi connectivity index (χ0v) is 12.2. The lowest BCUT2D eigenvalue weighted by molar-refractivity contribution is 0.551. The summed E-state index contributed by atoms with van der Waals surface area (Å²) in [5.41, 5.74) is 2.54. The normalized spacial score (nSPS) is 15.9. The molecule has 0 amide bonds. The maximum Gasteiger partial charge on any atom is 0.131 e. The van der Waals surface area contributed by atoms with Crippen molar-refractivity contribution in [2.24, 2.45) is 13.0 Å². The van der Waals surface area contributed by atoms with Crippen LogP contribution >= 0.6 is 0 Å². The molecule has 0 saturated carbocycles. The van der Waals surface area contributed by atoms with Gasteiger partial charge in [-0.3, -0.25) is 4.68 Å². The van der Waals surface area contributed by atoms with Crippen molar-refractivity contribution in [1.82, 2.24) is 15.1 Å². The predicted octanol–water partition coefficient (Wildman–Crippen LogP) is 2.07. The van der Waals surface area contributed by atoms with E-state index >= 15 is 0 Å². The summed E-state index contributed by atoms with van der Waals surface area (Å²) in [6.45, 7) is 10.9. The van der Waals surface area contributed by atoms with Gasteiger partial charge in [0, 0.05) is 32.2 Å². The molecule has 0 spiro atoms. The third kappa shape index (κ3) is 2.86. The van der Waals surface area contributed by atoms with Gasteiger partial charge >= 0.3 is 0 Å². The minimum absolute atomic E-state index is 0.692. The molecule has 0 aliphatic carbocycles. The Morgan fingerprint density at radius 1 is 1.28 bits per heavy atom. The molecule has 0 aromatic carbocycles. The summed E-state index contributed by atoms with van der Waals surface area (Å²) in [4.78, 5) is 2.48. The molecule has 2 rings (SSSR count). The average molecular weight is 250 g/mol.